The normalized spacial score (nSPS) is 25.4. The molecule has 0 saturated heterocycles. The smallest absolute Gasteiger partial charge is 0.222 e. The van der Waals surface area contributed by atoms with Crippen LogP contribution < -0.4 is 0 Å². The second-order valence-corrected chi connectivity index (χ2v) is 5.26. The highest BCUT2D eigenvalue weighted by Gasteiger charge is 2.25. The number of alkyl halides is 1. The summed E-state index contributed by atoms with van der Waals surface area (Å²) in [6.07, 6.45) is 7.63. The highest BCUT2D eigenvalue weighted by atomic mass is 35.5. The number of carbonyl (C=O) groups excluding carboxylic acids is 1. The van der Waals surface area contributed by atoms with Crippen LogP contribution in [0.25, 0.3) is 0 Å². The fourth-order valence-electron chi connectivity index (χ4n) is 2.54. The summed E-state index contributed by atoms with van der Waals surface area (Å²) in [5, 5.41) is 0. The minimum Gasteiger partial charge on any atom is -0.343 e. The molecule has 1 aliphatic carbocycles. The number of carbonyl (C=O) groups is 1. The maximum absolute atomic E-state index is 11.8. The topological polar surface area (TPSA) is 20.3 Å². The zero-order valence-electron chi connectivity index (χ0n) is 10.5. The molecule has 0 unspecified atom stereocenters. The number of rotatable bonds is 5. The molecular formula is C13H24ClNO. The molecular weight excluding hydrogens is 222 g/mol. The lowest BCUT2D eigenvalue weighted by Crippen LogP contribution is -2.39. The van der Waals surface area contributed by atoms with E-state index in [9.17, 15) is 4.79 Å². The summed E-state index contributed by atoms with van der Waals surface area (Å²) >= 11 is 5.60. The summed E-state index contributed by atoms with van der Waals surface area (Å²) in [5.41, 5.74) is 0. The van der Waals surface area contributed by atoms with Crippen LogP contribution in [0.5, 0.6) is 0 Å². The van der Waals surface area contributed by atoms with Gasteiger partial charge in [0, 0.05) is 25.4 Å². The zero-order chi connectivity index (χ0) is 12.0. The van der Waals surface area contributed by atoms with Crippen LogP contribution >= 0.6 is 11.6 Å². The number of halogens is 1. The molecule has 0 N–H and O–H groups in total. The van der Waals surface area contributed by atoms with Crippen molar-refractivity contribution in [3.8, 4) is 0 Å². The van der Waals surface area contributed by atoms with E-state index in [-0.39, 0.29) is 5.91 Å². The molecule has 0 heterocycles. The Labute approximate surface area is 104 Å². The van der Waals surface area contributed by atoms with Crippen molar-refractivity contribution in [1.82, 2.24) is 4.90 Å². The summed E-state index contributed by atoms with van der Waals surface area (Å²) in [5.74, 6) is 1.74. The third kappa shape index (κ3) is 3.97. The van der Waals surface area contributed by atoms with Crippen LogP contribution in [0.1, 0.15) is 51.9 Å². The van der Waals surface area contributed by atoms with E-state index in [1.165, 1.54) is 32.1 Å². The molecule has 1 rings (SSSR count). The Balaban J connectivity index is 2.32. The first-order valence-electron chi connectivity index (χ1n) is 6.50. The van der Waals surface area contributed by atoms with Crippen molar-refractivity contribution in [3.63, 3.8) is 0 Å². The maximum atomic E-state index is 11.8. The van der Waals surface area contributed by atoms with Gasteiger partial charge in [-0.1, -0.05) is 13.3 Å². The van der Waals surface area contributed by atoms with Gasteiger partial charge in [0.1, 0.15) is 0 Å². The highest BCUT2D eigenvalue weighted by Crippen LogP contribution is 2.29. The molecule has 1 amide bonds. The third-order valence-electron chi connectivity index (χ3n) is 3.86. The molecule has 0 aromatic heterocycles. The molecule has 3 heteroatoms. The van der Waals surface area contributed by atoms with Crippen LogP contribution in [0.3, 0.4) is 0 Å². The van der Waals surface area contributed by atoms with E-state index in [1.54, 1.807) is 0 Å². The summed E-state index contributed by atoms with van der Waals surface area (Å²) in [7, 11) is 1.95. The SMILES string of the molecule is CCC1CCC(N(C)C(=O)CCCCl)CC1. The minimum atomic E-state index is 0.264. The zero-order valence-corrected chi connectivity index (χ0v) is 11.3. The maximum Gasteiger partial charge on any atom is 0.222 e. The standard InChI is InChI=1S/C13H24ClNO/c1-3-11-6-8-12(9-7-11)15(2)13(16)5-4-10-14/h11-12H,3-10H2,1-2H3. The summed E-state index contributed by atoms with van der Waals surface area (Å²) in [6.45, 7) is 2.26. The second-order valence-electron chi connectivity index (χ2n) is 4.88. The van der Waals surface area contributed by atoms with Crippen LogP contribution in [0.2, 0.25) is 0 Å². The molecule has 16 heavy (non-hydrogen) atoms. The largest absolute Gasteiger partial charge is 0.343 e. The fraction of sp³-hybridized carbons (Fsp3) is 0.923. The lowest BCUT2D eigenvalue weighted by atomic mass is 9.84. The van der Waals surface area contributed by atoms with E-state index in [4.69, 9.17) is 11.6 Å². The van der Waals surface area contributed by atoms with Gasteiger partial charge in [-0.05, 0) is 38.0 Å². The lowest BCUT2D eigenvalue weighted by molar-refractivity contribution is -0.132. The molecule has 0 bridgehead atoms. The second kappa shape index (κ2) is 7.16. The van der Waals surface area contributed by atoms with Crippen LogP contribution in [-0.2, 0) is 4.79 Å². The van der Waals surface area contributed by atoms with Crippen molar-refractivity contribution in [2.45, 2.75) is 57.9 Å². The summed E-state index contributed by atoms with van der Waals surface area (Å²) in [4.78, 5) is 13.8. The number of hydrogen-bond donors (Lipinski definition) is 0. The van der Waals surface area contributed by atoms with E-state index in [2.05, 4.69) is 6.92 Å². The molecule has 94 valence electrons. The number of hydrogen-bond acceptors (Lipinski definition) is 1. The molecule has 0 aliphatic heterocycles. The Morgan fingerprint density at radius 1 is 1.31 bits per heavy atom. The first-order valence-corrected chi connectivity index (χ1v) is 7.04. The van der Waals surface area contributed by atoms with Gasteiger partial charge >= 0.3 is 0 Å². The fourth-order valence-corrected chi connectivity index (χ4v) is 2.67. The quantitative estimate of drug-likeness (QED) is 0.680. The van der Waals surface area contributed by atoms with Crippen LogP contribution in [0, 0.1) is 5.92 Å². The third-order valence-corrected chi connectivity index (χ3v) is 4.13. The van der Waals surface area contributed by atoms with Gasteiger partial charge in [-0.15, -0.1) is 11.6 Å². The van der Waals surface area contributed by atoms with E-state index in [1.807, 2.05) is 11.9 Å². The van der Waals surface area contributed by atoms with E-state index in [0.29, 0.717) is 18.3 Å². The van der Waals surface area contributed by atoms with Crippen LogP contribution in [-0.4, -0.2) is 29.8 Å². The Bertz CT molecular complexity index is 212. The van der Waals surface area contributed by atoms with Gasteiger partial charge in [-0.25, -0.2) is 0 Å². The van der Waals surface area contributed by atoms with Gasteiger partial charge < -0.3 is 4.90 Å². The van der Waals surface area contributed by atoms with Crippen LogP contribution in [0.4, 0.5) is 0 Å². The van der Waals surface area contributed by atoms with E-state index >= 15 is 0 Å². The van der Waals surface area contributed by atoms with Crippen molar-refractivity contribution >= 4 is 17.5 Å². The average molecular weight is 246 g/mol. The molecule has 1 aliphatic rings. The molecule has 1 saturated carbocycles. The predicted molar refractivity (Wildman–Crippen MR) is 68.8 cm³/mol. The van der Waals surface area contributed by atoms with E-state index in [0.717, 1.165) is 12.3 Å². The molecule has 0 spiro atoms. The number of nitrogens with zero attached hydrogens (tertiary/aromatic N) is 1. The molecule has 0 aromatic rings. The van der Waals surface area contributed by atoms with Crippen molar-refractivity contribution in [2.75, 3.05) is 12.9 Å². The van der Waals surface area contributed by atoms with Crippen molar-refractivity contribution in [1.29, 1.82) is 0 Å². The average Bonchev–Trinajstić information content (AvgIpc) is 2.35. The summed E-state index contributed by atoms with van der Waals surface area (Å²) < 4.78 is 0. The van der Waals surface area contributed by atoms with Gasteiger partial charge in [0.05, 0.1) is 0 Å². The predicted octanol–water partition coefficient (Wildman–Crippen LogP) is 3.43. The first kappa shape index (κ1) is 13.8. The molecule has 2 nitrogen and oxygen atoms in total. The van der Waals surface area contributed by atoms with Gasteiger partial charge in [0.25, 0.3) is 0 Å². The Kier molecular flexibility index (Phi) is 6.18. The van der Waals surface area contributed by atoms with Crippen molar-refractivity contribution in [2.24, 2.45) is 5.92 Å². The lowest BCUT2D eigenvalue weighted by Gasteiger charge is -2.34. The Hall–Kier alpha value is -0.240. The van der Waals surface area contributed by atoms with Gasteiger partial charge in [-0.3, -0.25) is 4.79 Å². The number of amides is 1. The van der Waals surface area contributed by atoms with Crippen molar-refractivity contribution in [3.05, 3.63) is 0 Å². The molecule has 1 fully saturated rings. The molecule has 0 aromatic carbocycles. The minimum absolute atomic E-state index is 0.264. The summed E-state index contributed by atoms with van der Waals surface area (Å²) in [6, 6.07) is 0.477. The first-order chi connectivity index (χ1) is 7.69. The van der Waals surface area contributed by atoms with Gasteiger partial charge in [0.15, 0.2) is 0 Å². The molecule has 0 radical (unpaired) electrons. The van der Waals surface area contributed by atoms with Crippen molar-refractivity contribution < 1.29 is 4.79 Å². The Morgan fingerprint density at radius 2 is 1.94 bits per heavy atom. The highest BCUT2D eigenvalue weighted by molar-refractivity contribution is 6.17. The monoisotopic (exact) mass is 245 g/mol. The van der Waals surface area contributed by atoms with Gasteiger partial charge in [0.2, 0.25) is 5.91 Å². The van der Waals surface area contributed by atoms with E-state index < -0.39 is 0 Å². The Morgan fingerprint density at radius 3 is 2.44 bits per heavy atom. The van der Waals surface area contributed by atoms with Crippen LogP contribution in [0.15, 0.2) is 0 Å². The molecule has 0 atom stereocenters. The van der Waals surface area contributed by atoms with Gasteiger partial charge in [-0.2, -0.15) is 0 Å².